The van der Waals surface area contributed by atoms with Crippen molar-refractivity contribution in [2.75, 3.05) is 0 Å². The molecular weight excluding hydrogens is 438 g/mol. The lowest BCUT2D eigenvalue weighted by molar-refractivity contribution is -0.520. The van der Waals surface area contributed by atoms with Crippen molar-refractivity contribution >= 4 is 5.65 Å². The summed E-state index contributed by atoms with van der Waals surface area (Å²) in [4.78, 5) is 0. The zero-order valence-corrected chi connectivity index (χ0v) is 18.5. The Morgan fingerprint density at radius 1 is 0.933 bits per heavy atom. The maximum absolute atomic E-state index is 9.34. The van der Waals surface area contributed by atoms with Crippen LogP contribution >= 0.6 is 0 Å². The number of rotatable bonds is 7. The monoisotopic (exact) mass is 461 g/mol. The minimum atomic E-state index is 0. The van der Waals surface area contributed by atoms with E-state index in [-0.39, 0.29) is 17.0 Å². The van der Waals surface area contributed by atoms with Crippen molar-refractivity contribution < 1.29 is 26.1 Å². The number of hydrogen-bond acceptors (Lipinski definition) is 2. The topological polar surface area (TPSA) is 42.1 Å². The summed E-state index contributed by atoms with van der Waals surface area (Å²) in [5, 5.41) is 9.34. The Bertz CT molecular complexity index is 1150. The number of aryl methyl sites for hydroxylation is 2. The molecule has 2 heterocycles. The molecule has 152 valence electrons. The number of halogens is 1. The molecule has 2 aromatic carbocycles. The largest absolute Gasteiger partial charge is 1.00 e. The zero-order chi connectivity index (χ0) is 20.1. The van der Waals surface area contributed by atoms with Crippen LogP contribution in [0.3, 0.4) is 0 Å². The number of pyridine rings is 1. The van der Waals surface area contributed by atoms with Gasteiger partial charge in [-0.05, 0) is 23.3 Å². The Kier molecular flexibility index (Phi) is 7.26. The van der Waals surface area contributed by atoms with Crippen molar-refractivity contribution in [2.45, 2.75) is 32.9 Å². The van der Waals surface area contributed by atoms with Crippen LogP contribution < -0.4 is 26.1 Å². The summed E-state index contributed by atoms with van der Waals surface area (Å²) in [6.07, 6.45) is 3.31. The van der Waals surface area contributed by atoms with Crippen LogP contribution in [0.1, 0.15) is 22.5 Å². The van der Waals surface area contributed by atoms with Gasteiger partial charge in [0.05, 0.1) is 18.8 Å². The van der Waals surface area contributed by atoms with E-state index in [4.69, 9.17) is 4.74 Å². The van der Waals surface area contributed by atoms with Gasteiger partial charge in [-0.15, -0.1) is 0 Å². The van der Waals surface area contributed by atoms with Crippen LogP contribution in [-0.2, 0) is 26.0 Å². The van der Waals surface area contributed by atoms with Crippen LogP contribution in [0.5, 0.6) is 5.75 Å². The Morgan fingerprint density at radius 3 is 2.27 bits per heavy atom. The van der Waals surface area contributed by atoms with Gasteiger partial charge in [0.1, 0.15) is 18.7 Å². The molecule has 5 heteroatoms. The van der Waals surface area contributed by atoms with Crippen LogP contribution in [0.4, 0.5) is 0 Å². The Hall–Kier alpha value is -3.10. The molecule has 4 nitrogen and oxygen atoms in total. The molecule has 0 saturated heterocycles. The standard InChI is InChI=1S/C25H24N3O.BrH/c1-20-23(14-16-26)28-17-8-13-24(29-19-22-11-6-3-7-12-22)25(28)27(20)18-15-21-9-4-2-5-10-21;/h2-13,17H,14-15,18-19H2,1H3;1H/q+1;/p-1. The highest BCUT2D eigenvalue weighted by atomic mass is 79.9. The normalized spacial score (nSPS) is 10.4. The van der Waals surface area contributed by atoms with Gasteiger partial charge in [0.15, 0.2) is 5.69 Å². The number of benzene rings is 2. The van der Waals surface area contributed by atoms with Crippen molar-refractivity contribution in [3.05, 3.63) is 102 Å². The molecule has 30 heavy (non-hydrogen) atoms. The van der Waals surface area contributed by atoms with Crippen molar-refractivity contribution in [2.24, 2.45) is 0 Å². The number of nitriles is 1. The minimum absolute atomic E-state index is 0. The summed E-state index contributed by atoms with van der Waals surface area (Å²) in [5.74, 6) is 0.830. The summed E-state index contributed by atoms with van der Waals surface area (Å²) >= 11 is 0. The molecule has 0 unspecified atom stereocenters. The minimum Gasteiger partial charge on any atom is -1.00 e. The van der Waals surface area contributed by atoms with Crippen LogP contribution in [0.25, 0.3) is 5.65 Å². The lowest BCUT2D eigenvalue weighted by atomic mass is 10.1. The van der Waals surface area contributed by atoms with E-state index in [2.05, 4.69) is 58.4 Å². The second-order valence-corrected chi connectivity index (χ2v) is 7.09. The van der Waals surface area contributed by atoms with Crippen molar-refractivity contribution in [1.82, 2.24) is 4.57 Å². The molecule has 4 aromatic rings. The van der Waals surface area contributed by atoms with Gasteiger partial charge in [0, 0.05) is 13.3 Å². The van der Waals surface area contributed by atoms with Gasteiger partial charge in [-0.3, -0.25) is 0 Å². The summed E-state index contributed by atoms with van der Waals surface area (Å²) in [5.41, 5.74) is 5.55. The molecule has 0 aliphatic rings. The van der Waals surface area contributed by atoms with Gasteiger partial charge in [-0.25, -0.2) is 4.57 Å². The third-order valence-corrected chi connectivity index (χ3v) is 5.25. The SMILES string of the molecule is Cc1c(CC#N)[n+]2cccc(OCc3ccccc3)c2n1CCc1ccccc1.[Br-]. The van der Waals surface area contributed by atoms with Gasteiger partial charge in [-0.2, -0.15) is 9.66 Å². The first kappa shape index (κ1) is 21.6. The quantitative estimate of drug-likeness (QED) is 0.390. The number of imidazole rings is 1. The molecule has 0 fully saturated rings. The van der Waals surface area contributed by atoms with Crippen LogP contribution in [0.2, 0.25) is 0 Å². The molecule has 0 N–H and O–H groups in total. The maximum atomic E-state index is 9.34. The van der Waals surface area contributed by atoms with Crippen LogP contribution in [-0.4, -0.2) is 4.57 Å². The second kappa shape index (κ2) is 10.1. The molecule has 4 rings (SSSR count). The number of hydrogen-bond donors (Lipinski definition) is 0. The first-order valence-corrected chi connectivity index (χ1v) is 9.88. The highest BCUT2D eigenvalue weighted by Crippen LogP contribution is 2.23. The molecule has 0 aliphatic carbocycles. The van der Waals surface area contributed by atoms with Crippen LogP contribution in [0.15, 0.2) is 79.0 Å². The first-order valence-electron chi connectivity index (χ1n) is 9.88. The first-order chi connectivity index (χ1) is 14.3. The predicted octanol–water partition coefficient (Wildman–Crippen LogP) is 1.43. The summed E-state index contributed by atoms with van der Waals surface area (Å²) in [6, 6.07) is 26.9. The van der Waals surface area contributed by atoms with E-state index in [0.29, 0.717) is 13.0 Å². The smallest absolute Gasteiger partial charge is 0.329 e. The zero-order valence-electron chi connectivity index (χ0n) is 17.0. The predicted molar refractivity (Wildman–Crippen MR) is 113 cm³/mol. The molecule has 0 bridgehead atoms. The Morgan fingerprint density at radius 2 is 1.60 bits per heavy atom. The maximum Gasteiger partial charge on any atom is 0.329 e. The molecule has 0 amide bonds. The summed E-state index contributed by atoms with van der Waals surface area (Å²) < 4.78 is 10.6. The molecule has 0 spiro atoms. The van der Waals surface area contributed by atoms with E-state index in [1.54, 1.807) is 0 Å². The third-order valence-electron chi connectivity index (χ3n) is 5.25. The molecule has 0 saturated carbocycles. The number of fused-ring (bicyclic) bond motifs is 1. The fraction of sp³-hybridized carbons (Fsp3) is 0.200. The lowest BCUT2D eigenvalue weighted by Crippen LogP contribution is -3.00. The average Bonchev–Trinajstić information content (AvgIpc) is 3.04. The molecule has 0 radical (unpaired) electrons. The van der Waals surface area contributed by atoms with Gasteiger partial charge in [-0.1, -0.05) is 60.7 Å². The van der Waals surface area contributed by atoms with Crippen molar-refractivity contribution in [3.8, 4) is 11.8 Å². The fourth-order valence-electron chi connectivity index (χ4n) is 3.75. The van der Waals surface area contributed by atoms with Gasteiger partial charge >= 0.3 is 5.65 Å². The summed E-state index contributed by atoms with van der Waals surface area (Å²) in [6.45, 7) is 3.43. The Labute approximate surface area is 187 Å². The van der Waals surface area contributed by atoms with E-state index in [1.165, 1.54) is 5.56 Å². The average molecular weight is 462 g/mol. The highest BCUT2D eigenvalue weighted by molar-refractivity contribution is 5.50. The molecule has 0 aliphatic heterocycles. The van der Waals surface area contributed by atoms with Gasteiger partial charge in [0.25, 0.3) is 0 Å². The van der Waals surface area contributed by atoms with E-state index < -0.39 is 0 Å². The third kappa shape index (κ3) is 4.55. The van der Waals surface area contributed by atoms with E-state index in [9.17, 15) is 5.26 Å². The van der Waals surface area contributed by atoms with Crippen LogP contribution in [0, 0.1) is 18.3 Å². The Balaban J connectivity index is 0.00000256. The van der Waals surface area contributed by atoms with E-state index in [0.717, 1.165) is 41.3 Å². The number of ether oxygens (including phenoxy) is 1. The van der Waals surface area contributed by atoms with E-state index in [1.807, 2.05) is 42.6 Å². The van der Waals surface area contributed by atoms with Crippen molar-refractivity contribution in [3.63, 3.8) is 0 Å². The highest BCUT2D eigenvalue weighted by Gasteiger charge is 2.25. The van der Waals surface area contributed by atoms with E-state index >= 15 is 0 Å². The molecule has 2 aromatic heterocycles. The lowest BCUT2D eigenvalue weighted by Gasteiger charge is -2.07. The molecular formula is C25H24BrN3O. The van der Waals surface area contributed by atoms with Gasteiger partial charge < -0.3 is 21.7 Å². The second-order valence-electron chi connectivity index (χ2n) is 7.09. The number of nitrogens with zero attached hydrogens (tertiary/aromatic N) is 3. The van der Waals surface area contributed by atoms with Crippen molar-refractivity contribution in [1.29, 1.82) is 5.26 Å². The number of aromatic nitrogens is 2. The summed E-state index contributed by atoms with van der Waals surface area (Å²) in [7, 11) is 0. The van der Waals surface area contributed by atoms with Gasteiger partial charge in [0.2, 0.25) is 5.75 Å². The fourth-order valence-corrected chi connectivity index (χ4v) is 3.75. The molecule has 0 atom stereocenters.